The van der Waals surface area contributed by atoms with E-state index in [1.807, 2.05) is 13.8 Å². The lowest BCUT2D eigenvalue weighted by Gasteiger charge is -2.12. The van der Waals surface area contributed by atoms with Crippen LogP contribution in [0, 0.1) is 5.92 Å². The Kier molecular flexibility index (Phi) is 7.69. The zero-order valence-corrected chi connectivity index (χ0v) is 15.3. The fourth-order valence-electron chi connectivity index (χ4n) is 1.97. The van der Waals surface area contributed by atoms with E-state index in [2.05, 4.69) is 10.0 Å². The summed E-state index contributed by atoms with van der Waals surface area (Å²) in [6.45, 7) is 5.52. The Morgan fingerprint density at radius 1 is 1.16 bits per heavy atom. The van der Waals surface area contributed by atoms with Crippen LogP contribution in [0.15, 0.2) is 24.3 Å². The van der Waals surface area contributed by atoms with Crippen molar-refractivity contribution in [2.45, 2.75) is 33.3 Å². The molecule has 0 aliphatic heterocycles. The summed E-state index contributed by atoms with van der Waals surface area (Å²) in [5.41, 5.74) is 0.322. The van der Waals surface area contributed by atoms with Crippen molar-refractivity contribution < 1.29 is 27.9 Å². The molecule has 25 heavy (non-hydrogen) atoms. The normalized spacial score (nSPS) is 12.5. The quantitative estimate of drug-likeness (QED) is 0.571. The van der Waals surface area contributed by atoms with Gasteiger partial charge in [0.1, 0.15) is 11.5 Å². The summed E-state index contributed by atoms with van der Waals surface area (Å²) in [5.74, 6) is -2.07. The number of hydrogen-bond acceptors (Lipinski definition) is 5. The van der Waals surface area contributed by atoms with Gasteiger partial charge in [-0.3, -0.25) is 14.3 Å². The molecule has 0 aliphatic rings. The molecule has 0 bridgehead atoms. The van der Waals surface area contributed by atoms with E-state index in [0.29, 0.717) is 11.4 Å². The molecule has 0 heterocycles. The zero-order chi connectivity index (χ0) is 19.0. The van der Waals surface area contributed by atoms with E-state index in [-0.39, 0.29) is 25.0 Å². The second-order valence-electron chi connectivity index (χ2n) is 6.06. The number of carboxylic acid groups (broad SMARTS) is 1. The van der Waals surface area contributed by atoms with Crippen LogP contribution in [0.5, 0.6) is 5.75 Å². The van der Waals surface area contributed by atoms with Gasteiger partial charge < -0.3 is 15.2 Å². The number of aliphatic carboxylic acids is 1. The molecular weight excluding hydrogens is 348 g/mol. The third kappa shape index (κ3) is 8.94. The summed E-state index contributed by atoms with van der Waals surface area (Å²) in [7, 11) is -3.86. The monoisotopic (exact) mass is 372 g/mol. The standard InChI is InChI=1S/C16H24N2O6S/c1-11(2)24-14-6-4-13(5-7-14)18-25(22,23)10-15(19)17-9-12(3)8-16(20)21/h4-7,11-12,18H,8-10H2,1-3H3,(H,17,19)(H,20,21). The highest BCUT2D eigenvalue weighted by Gasteiger charge is 2.17. The number of hydrogen-bond donors (Lipinski definition) is 3. The van der Waals surface area contributed by atoms with Crippen molar-refractivity contribution in [3.8, 4) is 5.75 Å². The highest BCUT2D eigenvalue weighted by Crippen LogP contribution is 2.17. The van der Waals surface area contributed by atoms with Gasteiger partial charge in [0.05, 0.1) is 6.10 Å². The van der Waals surface area contributed by atoms with E-state index in [0.717, 1.165) is 0 Å². The van der Waals surface area contributed by atoms with Crippen LogP contribution in [0.2, 0.25) is 0 Å². The fourth-order valence-corrected chi connectivity index (χ4v) is 2.99. The molecule has 9 heteroatoms. The Labute approximate surface area is 147 Å². The van der Waals surface area contributed by atoms with Crippen molar-refractivity contribution in [2.24, 2.45) is 5.92 Å². The average molecular weight is 372 g/mol. The minimum Gasteiger partial charge on any atom is -0.491 e. The lowest BCUT2D eigenvalue weighted by molar-refractivity contribution is -0.138. The van der Waals surface area contributed by atoms with Gasteiger partial charge in [-0.05, 0) is 44.0 Å². The van der Waals surface area contributed by atoms with Crippen molar-refractivity contribution in [2.75, 3.05) is 17.0 Å². The van der Waals surface area contributed by atoms with E-state index in [4.69, 9.17) is 9.84 Å². The number of carbonyl (C=O) groups excluding carboxylic acids is 1. The average Bonchev–Trinajstić information content (AvgIpc) is 2.45. The summed E-state index contributed by atoms with van der Waals surface area (Å²) >= 11 is 0. The number of sulfonamides is 1. The van der Waals surface area contributed by atoms with Crippen LogP contribution < -0.4 is 14.8 Å². The van der Waals surface area contributed by atoms with Gasteiger partial charge in [0, 0.05) is 18.7 Å². The highest BCUT2D eigenvalue weighted by atomic mass is 32.2. The van der Waals surface area contributed by atoms with Crippen LogP contribution in [0.25, 0.3) is 0 Å². The van der Waals surface area contributed by atoms with Crippen molar-refractivity contribution in [1.82, 2.24) is 5.32 Å². The van der Waals surface area contributed by atoms with Gasteiger partial charge >= 0.3 is 5.97 Å². The van der Waals surface area contributed by atoms with Crippen LogP contribution >= 0.6 is 0 Å². The number of anilines is 1. The maximum Gasteiger partial charge on any atom is 0.303 e. The maximum atomic E-state index is 12.0. The molecule has 1 aromatic carbocycles. The van der Waals surface area contributed by atoms with E-state index < -0.39 is 27.7 Å². The molecule has 0 spiro atoms. The summed E-state index contributed by atoms with van der Waals surface area (Å²) in [4.78, 5) is 22.3. The molecule has 3 N–H and O–H groups in total. The molecule has 1 atom stereocenters. The highest BCUT2D eigenvalue weighted by molar-refractivity contribution is 7.93. The minimum absolute atomic E-state index is 0.00903. The Bertz CT molecular complexity index is 685. The predicted octanol–water partition coefficient (Wildman–Crippen LogP) is 1.44. The third-order valence-corrected chi connectivity index (χ3v) is 4.18. The Hall–Kier alpha value is -2.29. The maximum absolute atomic E-state index is 12.0. The molecule has 1 rings (SSSR count). The first-order valence-corrected chi connectivity index (χ1v) is 9.48. The van der Waals surface area contributed by atoms with Crippen molar-refractivity contribution in [3.05, 3.63) is 24.3 Å². The van der Waals surface area contributed by atoms with Gasteiger partial charge in [0.2, 0.25) is 15.9 Å². The van der Waals surface area contributed by atoms with Crippen molar-refractivity contribution in [3.63, 3.8) is 0 Å². The van der Waals surface area contributed by atoms with Crippen LogP contribution in [0.1, 0.15) is 27.2 Å². The van der Waals surface area contributed by atoms with Gasteiger partial charge in [-0.15, -0.1) is 0 Å². The number of ether oxygens (including phenoxy) is 1. The number of amides is 1. The van der Waals surface area contributed by atoms with Gasteiger partial charge in [0.15, 0.2) is 0 Å². The first kappa shape index (κ1) is 20.8. The first-order valence-electron chi connectivity index (χ1n) is 7.83. The SMILES string of the molecule is CC(CNC(=O)CS(=O)(=O)Nc1ccc(OC(C)C)cc1)CC(=O)O. The molecule has 0 aliphatic carbocycles. The lowest BCUT2D eigenvalue weighted by atomic mass is 10.1. The number of rotatable bonds is 10. The zero-order valence-electron chi connectivity index (χ0n) is 14.5. The van der Waals surface area contributed by atoms with Gasteiger partial charge in [0.25, 0.3) is 0 Å². The van der Waals surface area contributed by atoms with E-state index in [1.54, 1.807) is 31.2 Å². The molecule has 0 saturated heterocycles. The summed E-state index contributed by atoms with van der Waals surface area (Å²) in [6, 6.07) is 6.35. The fraction of sp³-hybridized carbons (Fsp3) is 0.500. The number of benzene rings is 1. The van der Waals surface area contributed by atoms with Crippen LogP contribution in [-0.2, 0) is 19.6 Å². The molecule has 0 fully saturated rings. The molecular formula is C16H24N2O6S. The van der Waals surface area contributed by atoms with Crippen LogP contribution in [0.3, 0.4) is 0 Å². The van der Waals surface area contributed by atoms with E-state index in [9.17, 15) is 18.0 Å². The van der Waals surface area contributed by atoms with E-state index in [1.165, 1.54) is 0 Å². The number of nitrogens with one attached hydrogen (secondary N) is 2. The molecule has 1 aromatic rings. The first-order chi connectivity index (χ1) is 11.6. The molecule has 140 valence electrons. The molecule has 1 unspecified atom stereocenters. The number of carbonyl (C=O) groups is 2. The molecule has 0 saturated carbocycles. The Morgan fingerprint density at radius 3 is 2.28 bits per heavy atom. The Balaban J connectivity index is 2.52. The summed E-state index contributed by atoms with van der Waals surface area (Å²) in [6.07, 6.45) is -0.0921. The molecule has 0 aromatic heterocycles. The largest absolute Gasteiger partial charge is 0.491 e. The summed E-state index contributed by atoms with van der Waals surface area (Å²) in [5, 5.41) is 11.1. The minimum atomic E-state index is -3.86. The molecule has 8 nitrogen and oxygen atoms in total. The van der Waals surface area contributed by atoms with Gasteiger partial charge in [-0.25, -0.2) is 8.42 Å². The van der Waals surface area contributed by atoms with Crippen molar-refractivity contribution >= 4 is 27.6 Å². The Morgan fingerprint density at radius 2 is 1.76 bits per heavy atom. The second-order valence-corrected chi connectivity index (χ2v) is 7.78. The predicted molar refractivity (Wildman–Crippen MR) is 94.0 cm³/mol. The van der Waals surface area contributed by atoms with Crippen LogP contribution in [0.4, 0.5) is 5.69 Å². The molecule has 1 amide bonds. The van der Waals surface area contributed by atoms with Gasteiger partial charge in [-0.2, -0.15) is 0 Å². The lowest BCUT2D eigenvalue weighted by Crippen LogP contribution is -2.35. The van der Waals surface area contributed by atoms with Crippen LogP contribution in [-0.4, -0.2) is 43.8 Å². The number of carboxylic acids is 1. The third-order valence-electron chi connectivity index (χ3n) is 2.99. The smallest absolute Gasteiger partial charge is 0.303 e. The molecule has 0 radical (unpaired) electrons. The van der Waals surface area contributed by atoms with Crippen molar-refractivity contribution in [1.29, 1.82) is 0 Å². The van der Waals surface area contributed by atoms with E-state index >= 15 is 0 Å². The summed E-state index contributed by atoms with van der Waals surface area (Å²) < 4.78 is 31.8. The van der Waals surface area contributed by atoms with Gasteiger partial charge in [-0.1, -0.05) is 6.92 Å². The second kappa shape index (κ2) is 9.26. The topological polar surface area (TPSA) is 122 Å².